The van der Waals surface area contributed by atoms with Crippen molar-refractivity contribution in [1.29, 1.82) is 0 Å². The summed E-state index contributed by atoms with van der Waals surface area (Å²) in [4.78, 5) is 0. The fourth-order valence-electron chi connectivity index (χ4n) is 2.45. The average Bonchev–Trinajstić information content (AvgIpc) is 2.47. The van der Waals surface area contributed by atoms with Crippen LogP contribution < -0.4 is 5.32 Å². The highest BCUT2D eigenvalue weighted by atomic mass is 19.1. The molecule has 1 atom stereocenters. The van der Waals surface area contributed by atoms with E-state index in [0.29, 0.717) is 0 Å². The molecular weight excluding hydrogens is 249 g/mol. The van der Waals surface area contributed by atoms with Gasteiger partial charge in [0.1, 0.15) is 5.82 Å². The zero-order valence-corrected chi connectivity index (χ0v) is 12.4. The van der Waals surface area contributed by atoms with Gasteiger partial charge < -0.3 is 5.32 Å². The predicted molar refractivity (Wildman–Crippen MR) is 83.3 cm³/mol. The molecule has 0 radical (unpaired) electrons. The maximum Gasteiger partial charge on any atom is 0.123 e. The Kier molecular flexibility index (Phi) is 4.91. The number of halogens is 1. The average molecular weight is 271 g/mol. The molecule has 0 bridgehead atoms. The summed E-state index contributed by atoms with van der Waals surface area (Å²) in [7, 11) is 1.92. The third-order valence-corrected chi connectivity index (χ3v) is 3.72. The van der Waals surface area contributed by atoms with Crippen molar-refractivity contribution in [3.8, 4) is 11.1 Å². The molecule has 2 heteroatoms. The SMILES string of the molecule is CCCc1ccc(-c2cc(F)ccc2C(C)NC)cc1. The van der Waals surface area contributed by atoms with Gasteiger partial charge in [0.2, 0.25) is 0 Å². The van der Waals surface area contributed by atoms with Gasteiger partial charge >= 0.3 is 0 Å². The Morgan fingerprint density at radius 2 is 1.80 bits per heavy atom. The van der Waals surface area contributed by atoms with Gasteiger partial charge in [-0.2, -0.15) is 0 Å². The summed E-state index contributed by atoms with van der Waals surface area (Å²) in [5.41, 5.74) is 4.49. The minimum Gasteiger partial charge on any atom is -0.313 e. The summed E-state index contributed by atoms with van der Waals surface area (Å²) in [6.45, 7) is 4.26. The molecule has 0 saturated carbocycles. The van der Waals surface area contributed by atoms with Gasteiger partial charge in [0.05, 0.1) is 0 Å². The molecule has 0 aliphatic heterocycles. The fourth-order valence-corrected chi connectivity index (χ4v) is 2.45. The quantitative estimate of drug-likeness (QED) is 0.829. The monoisotopic (exact) mass is 271 g/mol. The van der Waals surface area contributed by atoms with Gasteiger partial charge in [0, 0.05) is 6.04 Å². The normalized spacial score (nSPS) is 12.4. The smallest absolute Gasteiger partial charge is 0.123 e. The molecule has 0 aliphatic rings. The predicted octanol–water partition coefficient (Wildman–Crippen LogP) is 4.73. The van der Waals surface area contributed by atoms with E-state index in [1.165, 1.54) is 11.6 Å². The lowest BCUT2D eigenvalue weighted by atomic mass is 9.94. The van der Waals surface area contributed by atoms with Crippen LogP contribution in [0.4, 0.5) is 4.39 Å². The second-order valence-electron chi connectivity index (χ2n) is 5.19. The number of rotatable bonds is 5. The van der Waals surface area contributed by atoms with Crippen LogP contribution in [0.3, 0.4) is 0 Å². The number of hydrogen-bond acceptors (Lipinski definition) is 1. The van der Waals surface area contributed by atoms with Gasteiger partial charge in [0.25, 0.3) is 0 Å². The van der Waals surface area contributed by atoms with E-state index in [4.69, 9.17) is 0 Å². The second kappa shape index (κ2) is 6.67. The highest BCUT2D eigenvalue weighted by Crippen LogP contribution is 2.29. The zero-order valence-electron chi connectivity index (χ0n) is 12.4. The van der Waals surface area contributed by atoms with Crippen LogP contribution in [0.5, 0.6) is 0 Å². The summed E-state index contributed by atoms with van der Waals surface area (Å²) >= 11 is 0. The lowest BCUT2D eigenvalue weighted by Gasteiger charge is -2.16. The summed E-state index contributed by atoms with van der Waals surface area (Å²) in [5, 5.41) is 3.22. The Morgan fingerprint density at radius 3 is 2.40 bits per heavy atom. The van der Waals surface area contributed by atoms with Crippen LogP contribution in [0.1, 0.15) is 37.4 Å². The van der Waals surface area contributed by atoms with E-state index in [9.17, 15) is 4.39 Å². The molecule has 1 unspecified atom stereocenters. The largest absolute Gasteiger partial charge is 0.313 e. The molecule has 0 aromatic heterocycles. The van der Waals surface area contributed by atoms with Crippen LogP contribution in [-0.2, 0) is 6.42 Å². The first kappa shape index (κ1) is 14.7. The molecule has 2 aromatic carbocycles. The number of nitrogens with one attached hydrogen (secondary N) is 1. The van der Waals surface area contributed by atoms with Gasteiger partial charge in [-0.25, -0.2) is 4.39 Å². The first-order chi connectivity index (χ1) is 9.65. The zero-order chi connectivity index (χ0) is 14.5. The molecule has 20 heavy (non-hydrogen) atoms. The summed E-state index contributed by atoms with van der Waals surface area (Å²) in [6, 6.07) is 13.7. The van der Waals surface area contributed by atoms with Gasteiger partial charge in [-0.15, -0.1) is 0 Å². The maximum absolute atomic E-state index is 13.6. The third kappa shape index (κ3) is 3.26. The van der Waals surface area contributed by atoms with E-state index in [-0.39, 0.29) is 11.9 Å². The van der Waals surface area contributed by atoms with Crippen molar-refractivity contribution in [2.24, 2.45) is 0 Å². The summed E-state index contributed by atoms with van der Waals surface area (Å²) in [6.07, 6.45) is 2.23. The van der Waals surface area contributed by atoms with Gasteiger partial charge in [-0.1, -0.05) is 43.7 Å². The number of aryl methyl sites for hydroxylation is 1. The summed E-state index contributed by atoms with van der Waals surface area (Å²) < 4.78 is 13.6. The van der Waals surface area contributed by atoms with E-state index in [2.05, 4.69) is 43.4 Å². The third-order valence-electron chi connectivity index (χ3n) is 3.72. The molecule has 1 nitrogen and oxygen atoms in total. The van der Waals surface area contributed by atoms with Crippen LogP contribution in [0, 0.1) is 5.82 Å². The lowest BCUT2D eigenvalue weighted by Crippen LogP contribution is -2.13. The van der Waals surface area contributed by atoms with E-state index in [0.717, 1.165) is 29.5 Å². The lowest BCUT2D eigenvalue weighted by molar-refractivity contribution is 0.620. The standard InChI is InChI=1S/C18H22FN/c1-4-5-14-6-8-15(9-7-14)18-12-16(19)10-11-17(18)13(2)20-3/h6-13,20H,4-5H2,1-3H3. The van der Waals surface area contributed by atoms with Crippen molar-refractivity contribution in [3.63, 3.8) is 0 Å². The fraction of sp³-hybridized carbons (Fsp3) is 0.333. The van der Waals surface area contributed by atoms with Crippen molar-refractivity contribution in [1.82, 2.24) is 5.32 Å². The minimum absolute atomic E-state index is 0.190. The van der Waals surface area contributed by atoms with Crippen LogP contribution in [0.15, 0.2) is 42.5 Å². The van der Waals surface area contributed by atoms with Gasteiger partial charge in [0.15, 0.2) is 0 Å². The second-order valence-corrected chi connectivity index (χ2v) is 5.19. The molecule has 106 valence electrons. The van der Waals surface area contributed by atoms with Crippen molar-refractivity contribution >= 4 is 0 Å². The van der Waals surface area contributed by atoms with Crippen LogP contribution >= 0.6 is 0 Å². The maximum atomic E-state index is 13.6. The van der Waals surface area contributed by atoms with Crippen molar-refractivity contribution in [2.75, 3.05) is 7.05 Å². The molecule has 1 N–H and O–H groups in total. The molecule has 0 spiro atoms. The molecule has 2 aromatic rings. The van der Waals surface area contributed by atoms with Crippen LogP contribution in [0.25, 0.3) is 11.1 Å². The first-order valence-electron chi connectivity index (χ1n) is 7.21. The van der Waals surface area contributed by atoms with Gasteiger partial charge in [-0.05, 0) is 54.8 Å². The van der Waals surface area contributed by atoms with E-state index in [1.54, 1.807) is 6.07 Å². The molecule has 0 heterocycles. The van der Waals surface area contributed by atoms with Crippen molar-refractivity contribution in [2.45, 2.75) is 32.7 Å². The first-order valence-corrected chi connectivity index (χ1v) is 7.21. The summed E-state index contributed by atoms with van der Waals surface area (Å²) in [5.74, 6) is -0.190. The Balaban J connectivity index is 2.42. The molecule has 0 saturated heterocycles. The molecular formula is C18H22FN. The molecule has 2 rings (SSSR count). The van der Waals surface area contributed by atoms with E-state index in [1.807, 2.05) is 13.1 Å². The Morgan fingerprint density at radius 1 is 1.10 bits per heavy atom. The highest BCUT2D eigenvalue weighted by Gasteiger charge is 2.11. The number of benzene rings is 2. The van der Waals surface area contributed by atoms with Crippen LogP contribution in [-0.4, -0.2) is 7.05 Å². The van der Waals surface area contributed by atoms with Gasteiger partial charge in [-0.3, -0.25) is 0 Å². The number of hydrogen-bond donors (Lipinski definition) is 1. The van der Waals surface area contributed by atoms with Crippen LogP contribution in [0.2, 0.25) is 0 Å². The Hall–Kier alpha value is -1.67. The van der Waals surface area contributed by atoms with E-state index >= 15 is 0 Å². The topological polar surface area (TPSA) is 12.0 Å². The van der Waals surface area contributed by atoms with Crippen molar-refractivity contribution < 1.29 is 4.39 Å². The molecule has 0 fully saturated rings. The van der Waals surface area contributed by atoms with E-state index < -0.39 is 0 Å². The highest BCUT2D eigenvalue weighted by molar-refractivity contribution is 5.68. The Bertz CT molecular complexity index is 560. The Labute approximate surface area is 120 Å². The molecule has 0 aliphatic carbocycles. The minimum atomic E-state index is -0.190. The van der Waals surface area contributed by atoms with Crippen molar-refractivity contribution in [3.05, 3.63) is 59.4 Å². The molecule has 0 amide bonds.